The van der Waals surface area contributed by atoms with Gasteiger partial charge in [0.2, 0.25) is 0 Å². The van der Waals surface area contributed by atoms with Gasteiger partial charge in [0.1, 0.15) is 0 Å². The minimum Gasteiger partial charge on any atom is -0.380 e. The Morgan fingerprint density at radius 1 is 1.62 bits per heavy atom. The number of nitrogens with two attached hydrogens (primary N) is 1. The van der Waals surface area contributed by atoms with Crippen molar-refractivity contribution in [3.05, 3.63) is 29.3 Å². The average molecular weight is 244 g/mol. The molecule has 0 aliphatic heterocycles. The highest BCUT2D eigenvalue weighted by Crippen LogP contribution is 2.26. The van der Waals surface area contributed by atoms with Crippen molar-refractivity contribution >= 4 is 17.0 Å². The van der Waals surface area contributed by atoms with Gasteiger partial charge in [0.25, 0.3) is 11.3 Å². The molecule has 6 heteroatoms. The second-order valence-electron chi connectivity index (χ2n) is 3.45. The number of ether oxygens (including phenoxy) is 1. The van der Waals surface area contributed by atoms with Gasteiger partial charge in [-0.1, -0.05) is 12.1 Å². The molecule has 16 heavy (non-hydrogen) atoms. The van der Waals surface area contributed by atoms with E-state index in [-0.39, 0.29) is 6.04 Å². The first kappa shape index (κ1) is 13.1. The van der Waals surface area contributed by atoms with E-state index in [1.165, 1.54) is 0 Å². The maximum Gasteiger partial charge on any atom is 0.259 e. The first-order chi connectivity index (χ1) is 7.56. The quantitative estimate of drug-likeness (QED) is 0.683. The molecule has 0 fully saturated rings. The van der Waals surface area contributed by atoms with Crippen molar-refractivity contribution in [1.29, 1.82) is 0 Å². The first-order valence-electron chi connectivity index (χ1n) is 4.80. The van der Waals surface area contributed by atoms with Crippen molar-refractivity contribution in [2.45, 2.75) is 19.6 Å². The van der Waals surface area contributed by atoms with Gasteiger partial charge in [0.05, 0.1) is 12.3 Å². The van der Waals surface area contributed by atoms with Crippen molar-refractivity contribution in [2.75, 3.05) is 11.8 Å². The number of rotatable bonds is 5. The van der Waals surface area contributed by atoms with E-state index in [0.29, 0.717) is 12.3 Å². The lowest BCUT2D eigenvalue weighted by Gasteiger charge is -2.17. The van der Waals surface area contributed by atoms with Gasteiger partial charge < -0.3 is 10.5 Å². The predicted molar refractivity (Wildman–Crippen MR) is 64.2 cm³/mol. The molecule has 0 aliphatic rings. The molecule has 4 N–H and O–H groups in total. The molecule has 0 aliphatic carbocycles. The monoisotopic (exact) mass is 244 g/mol. The molecule has 1 rings (SSSR count). The fourth-order valence-corrected chi connectivity index (χ4v) is 1.98. The number of hydrogen-bond donors (Lipinski definition) is 3. The summed E-state index contributed by atoms with van der Waals surface area (Å²) in [6, 6.07) is 5.15. The van der Waals surface area contributed by atoms with Crippen LogP contribution >= 0.6 is 0 Å². The Morgan fingerprint density at radius 2 is 2.31 bits per heavy atom. The molecular weight excluding hydrogens is 228 g/mol. The molecule has 2 unspecified atom stereocenters. The van der Waals surface area contributed by atoms with Crippen LogP contribution in [0.15, 0.2) is 18.2 Å². The van der Waals surface area contributed by atoms with Crippen LogP contribution in [-0.2, 0) is 22.6 Å². The van der Waals surface area contributed by atoms with E-state index < -0.39 is 11.3 Å². The topological polar surface area (TPSA) is 84.6 Å². The van der Waals surface area contributed by atoms with Crippen LogP contribution < -0.4 is 10.5 Å². The largest absolute Gasteiger partial charge is 0.380 e. The van der Waals surface area contributed by atoms with Gasteiger partial charge in [0.15, 0.2) is 0 Å². The SMILES string of the molecule is COCc1cccc(NS(=O)O)c1C(C)N. The number of nitrogens with one attached hydrogen (secondary N) is 1. The van der Waals surface area contributed by atoms with E-state index >= 15 is 0 Å². The summed E-state index contributed by atoms with van der Waals surface area (Å²) in [5.74, 6) is 0. The van der Waals surface area contributed by atoms with Crippen LogP contribution in [0, 0.1) is 0 Å². The zero-order valence-electron chi connectivity index (χ0n) is 9.27. The lowest BCUT2D eigenvalue weighted by atomic mass is 10.0. The predicted octanol–water partition coefficient (Wildman–Crippen LogP) is 1.40. The van der Waals surface area contributed by atoms with E-state index in [1.807, 2.05) is 13.0 Å². The Labute approximate surface area is 97.4 Å². The molecule has 90 valence electrons. The second kappa shape index (κ2) is 5.95. The van der Waals surface area contributed by atoms with Crippen LogP contribution in [0.4, 0.5) is 5.69 Å². The van der Waals surface area contributed by atoms with Crippen molar-refractivity contribution < 1.29 is 13.5 Å². The summed E-state index contributed by atoms with van der Waals surface area (Å²) in [5, 5.41) is 0. The van der Waals surface area contributed by atoms with Gasteiger partial charge in [0, 0.05) is 13.2 Å². The molecule has 2 atom stereocenters. The van der Waals surface area contributed by atoms with Crippen molar-refractivity contribution in [2.24, 2.45) is 5.73 Å². The van der Waals surface area contributed by atoms with Crippen molar-refractivity contribution in [3.8, 4) is 0 Å². The molecule has 0 saturated heterocycles. The Morgan fingerprint density at radius 3 is 2.81 bits per heavy atom. The third kappa shape index (κ3) is 3.28. The number of benzene rings is 1. The molecule has 0 aromatic heterocycles. The van der Waals surface area contributed by atoms with Gasteiger partial charge >= 0.3 is 0 Å². The summed E-state index contributed by atoms with van der Waals surface area (Å²) in [7, 11) is 1.59. The zero-order chi connectivity index (χ0) is 12.1. The average Bonchev–Trinajstić information content (AvgIpc) is 2.16. The fourth-order valence-electron chi connectivity index (χ4n) is 1.62. The normalized spacial score (nSPS) is 14.5. The van der Waals surface area contributed by atoms with Gasteiger partial charge in [-0.05, 0) is 24.1 Å². The Bertz CT molecular complexity index is 382. The van der Waals surface area contributed by atoms with Crippen molar-refractivity contribution in [3.63, 3.8) is 0 Å². The molecule has 1 aromatic rings. The number of hydrogen-bond acceptors (Lipinski definition) is 3. The van der Waals surface area contributed by atoms with Gasteiger partial charge in [-0.15, -0.1) is 0 Å². The van der Waals surface area contributed by atoms with Crippen LogP contribution in [0.25, 0.3) is 0 Å². The van der Waals surface area contributed by atoms with E-state index in [1.54, 1.807) is 19.2 Å². The molecule has 0 saturated carbocycles. The maximum absolute atomic E-state index is 10.7. The molecule has 0 radical (unpaired) electrons. The summed E-state index contributed by atoms with van der Waals surface area (Å²) >= 11 is -2.10. The fraction of sp³-hybridized carbons (Fsp3) is 0.400. The lowest BCUT2D eigenvalue weighted by Crippen LogP contribution is -2.14. The third-order valence-electron chi connectivity index (χ3n) is 2.15. The van der Waals surface area contributed by atoms with Crippen LogP contribution in [0.3, 0.4) is 0 Å². The Balaban J connectivity index is 3.15. The molecule has 0 heterocycles. The molecule has 1 aromatic carbocycles. The Kier molecular flexibility index (Phi) is 4.88. The minimum atomic E-state index is -2.10. The smallest absolute Gasteiger partial charge is 0.259 e. The highest BCUT2D eigenvalue weighted by molar-refractivity contribution is 7.80. The second-order valence-corrected chi connectivity index (χ2v) is 4.15. The first-order valence-corrected chi connectivity index (χ1v) is 5.90. The summed E-state index contributed by atoms with van der Waals surface area (Å²) in [4.78, 5) is 0. The van der Waals surface area contributed by atoms with Crippen LogP contribution in [0.2, 0.25) is 0 Å². The van der Waals surface area contributed by atoms with Gasteiger partial charge in [-0.2, -0.15) is 0 Å². The van der Waals surface area contributed by atoms with E-state index in [4.69, 9.17) is 15.0 Å². The van der Waals surface area contributed by atoms with Gasteiger partial charge in [-0.3, -0.25) is 9.27 Å². The summed E-state index contributed by atoms with van der Waals surface area (Å²) in [6.45, 7) is 2.24. The zero-order valence-corrected chi connectivity index (χ0v) is 10.1. The summed E-state index contributed by atoms with van der Waals surface area (Å²) in [5.41, 5.74) is 8.11. The molecule has 0 amide bonds. The van der Waals surface area contributed by atoms with E-state index in [2.05, 4.69) is 4.72 Å². The molecule has 0 bridgehead atoms. The third-order valence-corrected chi connectivity index (χ3v) is 2.54. The van der Waals surface area contributed by atoms with Crippen LogP contribution in [-0.4, -0.2) is 15.9 Å². The summed E-state index contributed by atoms with van der Waals surface area (Å²) < 4.78 is 27.1. The minimum absolute atomic E-state index is 0.239. The molecule has 5 nitrogen and oxygen atoms in total. The van der Waals surface area contributed by atoms with Gasteiger partial charge in [-0.25, -0.2) is 4.21 Å². The Hall–Kier alpha value is -0.950. The summed E-state index contributed by atoms with van der Waals surface area (Å²) in [6.07, 6.45) is 0. The number of anilines is 1. The number of methoxy groups -OCH3 is 1. The van der Waals surface area contributed by atoms with Crippen molar-refractivity contribution in [1.82, 2.24) is 0 Å². The lowest BCUT2D eigenvalue weighted by molar-refractivity contribution is 0.184. The maximum atomic E-state index is 10.7. The van der Waals surface area contributed by atoms with E-state index in [9.17, 15) is 4.21 Å². The van der Waals surface area contributed by atoms with Crippen LogP contribution in [0.5, 0.6) is 0 Å². The molecular formula is C10H16N2O3S. The van der Waals surface area contributed by atoms with Crippen LogP contribution in [0.1, 0.15) is 24.1 Å². The highest BCUT2D eigenvalue weighted by atomic mass is 32.2. The van der Waals surface area contributed by atoms with E-state index in [0.717, 1.165) is 11.1 Å². The standard InChI is InChI=1S/C10H16N2O3S/c1-7(11)10-8(6-15-2)4-3-5-9(10)12-16(13)14/h3-5,7,12H,6,11H2,1-2H3,(H,13,14). The highest BCUT2D eigenvalue weighted by Gasteiger charge is 2.13. The molecule has 0 spiro atoms.